The van der Waals surface area contributed by atoms with Gasteiger partial charge in [-0.2, -0.15) is 0 Å². The highest BCUT2D eigenvalue weighted by molar-refractivity contribution is 7.80. The van der Waals surface area contributed by atoms with Crippen LogP contribution in [0.1, 0.15) is 25.8 Å². The highest BCUT2D eigenvalue weighted by Crippen LogP contribution is 2.13. The van der Waals surface area contributed by atoms with Crippen LogP contribution in [0.5, 0.6) is 0 Å². The number of rotatable bonds is 8. The van der Waals surface area contributed by atoms with Crippen LogP contribution in [-0.2, 0) is 6.54 Å². The topological polar surface area (TPSA) is 21.8 Å². The lowest BCUT2D eigenvalue weighted by Gasteiger charge is -2.36. The van der Waals surface area contributed by atoms with Crippen molar-refractivity contribution in [3.05, 3.63) is 34.9 Å². The summed E-state index contributed by atoms with van der Waals surface area (Å²) in [5.74, 6) is 0. The lowest BCUT2D eigenvalue weighted by atomic mass is 10.2. The van der Waals surface area contributed by atoms with Gasteiger partial charge in [0, 0.05) is 44.3 Å². The molecule has 0 unspecified atom stereocenters. The summed E-state index contributed by atoms with van der Waals surface area (Å²) in [6.45, 7) is 13.8. The van der Waals surface area contributed by atoms with Crippen LogP contribution in [0.25, 0.3) is 0 Å². The number of piperazine rings is 1. The molecule has 0 radical (unpaired) electrons. The number of hydrogen-bond acceptors (Lipinski definition) is 3. The molecule has 140 valence electrons. The number of halogens is 1. The Bertz CT molecular complexity index is 511. The molecule has 2 rings (SSSR count). The molecular weight excluding hydrogens is 352 g/mol. The molecule has 1 fully saturated rings. The molecule has 0 aliphatic carbocycles. The second-order valence-electron chi connectivity index (χ2n) is 6.50. The largest absolute Gasteiger partial charge is 0.363 e. The predicted molar refractivity (Wildman–Crippen MR) is 111 cm³/mol. The molecular formula is C19H31ClN4S. The smallest absolute Gasteiger partial charge is 0.169 e. The first-order chi connectivity index (χ1) is 12.1. The summed E-state index contributed by atoms with van der Waals surface area (Å²) in [5.41, 5.74) is 1.31. The van der Waals surface area contributed by atoms with Crippen molar-refractivity contribution in [2.45, 2.75) is 26.8 Å². The van der Waals surface area contributed by atoms with Crippen LogP contribution in [-0.4, -0.2) is 72.2 Å². The molecule has 4 nitrogen and oxygen atoms in total. The molecule has 0 saturated carbocycles. The first-order valence-corrected chi connectivity index (χ1v) is 10.1. The van der Waals surface area contributed by atoms with Gasteiger partial charge < -0.3 is 15.1 Å². The molecule has 1 aliphatic heterocycles. The lowest BCUT2D eigenvalue weighted by Crippen LogP contribution is -2.51. The van der Waals surface area contributed by atoms with Gasteiger partial charge in [-0.1, -0.05) is 37.6 Å². The number of benzene rings is 1. The van der Waals surface area contributed by atoms with Gasteiger partial charge in [-0.15, -0.1) is 0 Å². The highest BCUT2D eigenvalue weighted by atomic mass is 35.5. The fourth-order valence-corrected chi connectivity index (χ4v) is 3.52. The molecule has 1 N–H and O–H groups in total. The van der Waals surface area contributed by atoms with Gasteiger partial charge in [0.1, 0.15) is 0 Å². The van der Waals surface area contributed by atoms with Gasteiger partial charge in [0.25, 0.3) is 0 Å². The first kappa shape index (κ1) is 20.4. The van der Waals surface area contributed by atoms with Crippen molar-refractivity contribution in [3.63, 3.8) is 0 Å². The van der Waals surface area contributed by atoms with Crippen LogP contribution in [0.15, 0.2) is 24.3 Å². The molecule has 0 bridgehead atoms. The minimum Gasteiger partial charge on any atom is -0.363 e. The Labute approximate surface area is 163 Å². The van der Waals surface area contributed by atoms with E-state index >= 15 is 0 Å². The van der Waals surface area contributed by atoms with E-state index in [0.717, 1.165) is 75.5 Å². The summed E-state index contributed by atoms with van der Waals surface area (Å²) in [4.78, 5) is 7.22. The first-order valence-electron chi connectivity index (χ1n) is 9.34. The van der Waals surface area contributed by atoms with Crippen LogP contribution in [0.2, 0.25) is 5.02 Å². The monoisotopic (exact) mass is 382 g/mol. The Hall–Kier alpha value is -0.880. The third-order valence-corrected chi connectivity index (χ3v) is 5.46. The Morgan fingerprint density at radius 3 is 2.36 bits per heavy atom. The van der Waals surface area contributed by atoms with Gasteiger partial charge >= 0.3 is 0 Å². The van der Waals surface area contributed by atoms with Gasteiger partial charge in [-0.3, -0.25) is 4.90 Å². The van der Waals surface area contributed by atoms with E-state index in [2.05, 4.69) is 46.0 Å². The lowest BCUT2D eigenvalue weighted by molar-refractivity contribution is 0.174. The molecule has 1 aliphatic rings. The van der Waals surface area contributed by atoms with Crippen LogP contribution in [0.3, 0.4) is 0 Å². The average Bonchev–Trinajstić information content (AvgIpc) is 2.64. The highest BCUT2D eigenvalue weighted by Gasteiger charge is 2.18. The molecule has 1 aromatic rings. The van der Waals surface area contributed by atoms with E-state index in [1.807, 2.05) is 12.1 Å². The maximum absolute atomic E-state index is 5.95. The van der Waals surface area contributed by atoms with Gasteiger partial charge in [0.15, 0.2) is 5.11 Å². The second kappa shape index (κ2) is 11.0. The zero-order chi connectivity index (χ0) is 18.1. The summed E-state index contributed by atoms with van der Waals surface area (Å²) in [6.07, 6.45) is 1.14. The number of nitrogens with one attached hydrogen (secondary N) is 1. The molecule has 25 heavy (non-hydrogen) atoms. The normalized spacial score (nSPS) is 15.6. The van der Waals surface area contributed by atoms with Crippen molar-refractivity contribution < 1.29 is 0 Å². The summed E-state index contributed by atoms with van der Waals surface area (Å²) in [7, 11) is 0. The summed E-state index contributed by atoms with van der Waals surface area (Å²) in [6, 6.07) is 8.14. The third kappa shape index (κ3) is 7.10. The third-order valence-electron chi connectivity index (χ3n) is 4.80. The van der Waals surface area contributed by atoms with Gasteiger partial charge in [-0.05, 0) is 56.0 Å². The second-order valence-corrected chi connectivity index (χ2v) is 7.33. The molecule has 1 saturated heterocycles. The van der Waals surface area contributed by atoms with Crippen LogP contribution >= 0.6 is 23.8 Å². The van der Waals surface area contributed by atoms with Crippen molar-refractivity contribution in [2.24, 2.45) is 0 Å². The maximum Gasteiger partial charge on any atom is 0.169 e. The van der Waals surface area contributed by atoms with E-state index < -0.39 is 0 Å². The molecule has 0 atom stereocenters. The Kier molecular flexibility index (Phi) is 8.96. The van der Waals surface area contributed by atoms with E-state index in [0.29, 0.717) is 0 Å². The molecule has 0 aromatic heterocycles. The van der Waals surface area contributed by atoms with E-state index in [-0.39, 0.29) is 0 Å². The van der Waals surface area contributed by atoms with Crippen LogP contribution < -0.4 is 5.32 Å². The fraction of sp³-hybridized carbons (Fsp3) is 0.632. The Balaban J connectivity index is 1.63. The van der Waals surface area contributed by atoms with E-state index in [4.69, 9.17) is 23.8 Å². The SMILES string of the molecule is CCN(CC)CCCNC(=S)N1CCN(Cc2ccc(Cl)cc2)CC1. The number of hydrogen-bond donors (Lipinski definition) is 1. The van der Waals surface area contributed by atoms with Crippen LogP contribution in [0, 0.1) is 0 Å². The minimum atomic E-state index is 0.797. The van der Waals surface area contributed by atoms with Crippen molar-refractivity contribution in [2.75, 3.05) is 52.4 Å². The van der Waals surface area contributed by atoms with Gasteiger partial charge in [0.05, 0.1) is 0 Å². The van der Waals surface area contributed by atoms with Crippen LogP contribution in [0.4, 0.5) is 0 Å². The van der Waals surface area contributed by atoms with E-state index in [1.165, 1.54) is 5.56 Å². The van der Waals surface area contributed by atoms with E-state index in [9.17, 15) is 0 Å². The average molecular weight is 383 g/mol. The van der Waals surface area contributed by atoms with Crippen molar-refractivity contribution >= 4 is 28.9 Å². The summed E-state index contributed by atoms with van der Waals surface area (Å²) >= 11 is 11.5. The zero-order valence-corrected chi connectivity index (χ0v) is 17.1. The van der Waals surface area contributed by atoms with Gasteiger partial charge in [0.2, 0.25) is 0 Å². The predicted octanol–water partition coefficient (Wildman–Crippen LogP) is 3.06. The molecule has 1 aromatic carbocycles. The van der Waals surface area contributed by atoms with Crippen molar-refractivity contribution in [3.8, 4) is 0 Å². The Morgan fingerprint density at radius 2 is 1.76 bits per heavy atom. The van der Waals surface area contributed by atoms with Crippen molar-refractivity contribution in [1.82, 2.24) is 20.0 Å². The van der Waals surface area contributed by atoms with E-state index in [1.54, 1.807) is 0 Å². The van der Waals surface area contributed by atoms with Crippen molar-refractivity contribution in [1.29, 1.82) is 0 Å². The minimum absolute atomic E-state index is 0.797. The summed E-state index contributed by atoms with van der Waals surface area (Å²) in [5, 5.41) is 5.13. The Morgan fingerprint density at radius 1 is 1.12 bits per heavy atom. The fourth-order valence-electron chi connectivity index (χ4n) is 3.11. The maximum atomic E-state index is 5.95. The number of thiocarbonyl (C=S) groups is 1. The molecule has 0 amide bonds. The zero-order valence-electron chi connectivity index (χ0n) is 15.5. The standard InChI is InChI=1S/C19H31ClN4S/c1-3-22(4-2)11-5-10-21-19(25)24-14-12-23(13-15-24)16-17-6-8-18(20)9-7-17/h6-9H,3-5,10-16H2,1-2H3,(H,21,25). The molecule has 0 spiro atoms. The summed E-state index contributed by atoms with van der Waals surface area (Å²) < 4.78 is 0. The molecule has 6 heteroatoms. The van der Waals surface area contributed by atoms with Gasteiger partial charge in [-0.25, -0.2) is 0 Å². The number of nitrogens with zero attached hydrogens (tertiary/aromatic N) is 3. The quantitative estimate of drug-likeness (QED) is 0.549. The molecule has 1 heterocycles.